The molecule has 2 heterocycles. The Morgan fingerprint density at radius 2 is 2.21 bits per heavy atom. The summed E-state index contributed by atoms with van der Waals surface area (Å²) in [5.74, 6) is 1.93. The van der Waals surface area contributed by atoms with Crippen LogP contribution in [0.2, 0.25) is 0 Å². The third-order valence-corrected chi connectivity index (χ3v) is 2.95. The average molecular weight is 254 g/mol. The van der Waals surface area contributed by atoms with Crippen LogP contribution in [0.4, 0.5) is 5.82 Å². The topological polar surface area (TPSA) is 59.9 Å². The van der Waals surface area contributed by atoms with Crippen molar-refractivity contribution in [2.24, 2.45) is 0 Å². The SMILES string of the molecule is COc1cnc(-c2ccccn2)nc1NC1C=CC1. The number of ether oxygens (including phenoxy) is 1. The summed E-state index contributed by atoms with van der Waals surface area (Å²) in [6.07, 6.45) is 8.62. The zero-order valence-electron chi connectivity index (χ0n) is 10.6. The molecule has 0 saturated heterocycles. The number of nitrogens with one attached hydrogen (secondary N) is 1. The van der Waals surface area contributed by atoms with Crippen LogP contribution in [0, 0.1) is 0 Å². The van der Waals surface area contributed by atoms with Gasteiger partial charge >= 0.3 is 0 Å². The van der Waals surface area contributed by atoms with Crippen LogP contribution in [0.3, 0.4) is 0 Å². The van der Waals surface area contributed by atoms with Crippen molar-refractivity contribution in [3.05, 3.63) is 42.7 Å². The van der Waals surface area contributed by atoms with Crippen molar-refractivity contribution in [2.75, 3.05) is 12.4 Å². The van der Waals surface area contributed by atoms with Gasteiger partial charge in [-0.05, 0) is 18.6 Å². The van der Waals surface area contributed by atoms with Crippen molar-refractivity contribution in [3.63, 3.8) is 0 Å². The van der Waals surface area contributed by atoms with Crippen molar-refractivity contribution in [1.29, 1.82) is 0 Å². The molecule has 0 aliphatic heterocycles. The van der Waals surface area contributed by atoms with Gasteiger partial charge in [-0.1, -0.05) is 18.2 Å². The van der Waals surface area contributed by atoms with Crippen LogP contribution in [-0.4, -0.2) is 28.1 Å². The van der Waals surface area contributed by atoms with Crippen molar-refractivity contribution in [1.82, 2.24) is 15.0 Å². The molecule has 1 N–H and O–H groups in total. The number of rotatable bonds is 4. The number of hydrogen-bond donors (Lipinski definition) is 1. The third-order valence-electron chi connectivity index (χ3n) is 2.95. The van der Waals surface area contributed by atoms with E-state index in [1.54, 1.807) is 19.5 Å². The van der Waals surface area contributed by atoms with Gasteiger partial charge in [-0.3, -0.25) is 4.98 Å². The fraction of sp³-hybridized carbons (Fsp3) is 0.214. The molecule has 5 nitrogen and oxygen atoms in total. The summed E-state index contributed by atoms with van der Waals surface area (Å²) >= 11 is 0. The van der Waals surface area contributed by atoms with E-state index >= 15 is 0 Å². The molecular weight excluding hydrogens is 240 g/mol. The Hall–Kier alpha value is -2.43. The summed E-state index contributed by atoms with van der Waals surface area (Å²) in [6.45, 7) is 0. The monoisotopic (exact) mass is 254 g/mol. The summed E-state index contributed by atoms with van der Waals surface area (Å²) in [5, 5.41) is 3.32. The van der Waals surface area contributed by atoms with E-state index in [2.05, 4.69) is 32.4 Å². The quantitative estimate of drug-likeness (QED) is 0.848. The van der Waals surface area contributed by atoms with Crippen LogP contribution in [-0.2, 0) is 0 Å². The number of anilines is 1. The number of pyridine rings is 1. The van der Waals surface area contributed by atoms with Gasteiger partial charge in [-0.2, -0.15) is 0 Å². The highest BCUT2D eigenvalue weighted by Gasteiger charge is 2.15. The first kappa shape index (κ1) is 11.6. The minimum Gasteiger partial charge on any atom is -0.491 e. The van der Waals surface area contributed by atoms with E-state index in [1.807, 2.05) is 18.2 Å². The van der Waals surface area contributed by atoms with Crippen LogP contribution in [0.5, 0.6) is 5.75 Å². The van der Waals surface area contributed by atoms with Gasteiger partial charge in [0.1, 0.15) is 5.69 Å². The Morgan fingerprint density at radius 3 is 2.84 bits per heavy atom. The van der Waals surface area contributed by atoms with Gasteiger partial charge in [0.05, 0.1) is 13.3 Å². The molecule has 1 unspecified atom stereocenters. The molecule has 2 aromatic heterocycles. The molecule has 1 aliphatic carbocycles. The fourth-order valence-electron chi connectivity index (χ4n) is 1.80. The molecule has 0 saturated carbocycles. The van der Waals surface area contributed by atoms with E-state index in [4.69, 9.17) is 4.74 Å². The van der Waals surface area contributed by atoms with Crippen molar-refractivity contribution >= 4 is 5.82 Å². The molecule has 0 bridgehead atoms. The Morgan fingerprint density at radius 1 is 1.32 bits per heavy atom. The van der Waals surface area contributed by atoms with Crippen LogP contribution in [0.1, 0.15) is 6.42 Å². The first-order valence-electron chi connectivity index (χ1n) is 6.12. The predicted octanol–water partition coefficient (Wildman–Crippen LogP) is 2.29. The molecule has 96 valence electrons. The minimum atomic E-state index is 0.320. The maximum Gasteiger partial charge on any atom is 0.180 e. The Labute approximate surface area is 111 Å². The minimum absolute atomic E-state index is 0.320. The molecule has 0 aromatic carbocycles. The Balaban J connectivity index is 1.94. The van der Waals surface area contributed by atoms with Crippen LogP contribution in [0.25, 0.3) is 11.5 Å². The summed E-state index contributed by atoms with van der Waals surface area (Å²) in [4.78, 5) is 13.0. The molecule has 1 aliphatic rings. The first-order chi connectivity index (χ1) is 9.36. The highest BCUT2D eigenvalue weighted by atomic mass is 16.5. The molecule has 0 fully saturated rings. The lowest BCUT2D eigenvalue weighted by Crippen LogP contribution is -2.22. The second-order valence-electron chi connectivity index (χ2n) is 4.24. The van der Waals surface area contributed by atoms with Crippen LogP contribution < -0.4 is 10.1 Å². The molecular formula is C14H14N4O. The molecule has 3 rings (SSSR count). The Bertz CT molecular complexity index is 598. The van der Waals surface area contributed by atoms with Gasteiger partial charge in [0.15, 0.2) is 17.4 Å². The summed E-state index contributed by atoms with van der Waals surface area (Å²) in [5.41, 5.74) is 0.748. The van der Waals surface area contributed by atoms with Crippen molar-refractivity contribution < 1.29 is 4.74 Å². The smallest absolute Gasteiger partial charge is 0.180 e. The van der Waals surface area contributed by atoms with Crippen LogP contribution in [0.15, 0.2) is 42.7 Å². The number of nitrogens with zero attached hydrogens (tertiary/aromatic N) is 3. The van der Waals surface area contributed by atoms with E-state index in [1.165, 1.54) is 0 Å². The Kier molecular flexibility index (Phi) is 3.10. The molecule has 1 atom stereocenters. The first-order valence-corrected chi connectivity index (χ1v) is 6.12. The van der Waals surface area contributed by atoms with Gasteiger partial charge in [0.2, 0.25) is 0 Å². The molecule has 2 aromatic rings. The van der Waals surface area contributed by atoms with E-state index in [0.717, 1.165) is 12.1 Å². The normalized spacial score (nSPS) is 16.8. The van der Waals surface area contributed by atoms with E-state index in [0.29, 0.717) is 23.4 Å². The van der Waals surface area contributed by atoms with Gasteiger partial charge in [-0.15, -0.1) is 0 Å². The summed E-state index contributed by atoms with van der Waals surface area (Å²) < 4.78 is 5.27. The van der Waals surface area contributed by atoms with Gasteiger partial charge in [0.25, 0.3) is 0 Å². The largest absolute Gasteiger partial charge is 0.491 e. The second-order valence-corrected chi connectivity index (χ2v) is 4.24. The zero-order valence-corrected chi connectivity index (χ0v) is 10.6. The lowest BCUT2D eigenvalue weighted by molar-refractivity contribution is 0.412. The standard InChI is InChI=1S/C14H14N4O/c1-19-12-9-16-13(11-7-2-3-8-15-11)18-14(12)17-10-5-4-6-10/h2-5,7-10H,6H2,1H3,(H,16,17,18). The van der Waals surface area contributed by atoms with Gasteiger partial charge in [0, 0.05) is 12.2 Å². The highest BCUT2D eigenvalue weighted by molar-refractivity contribution is 5.58. The van der Waals surface area contributed by atoms with E-state index in [-0.39, 0.29) is 0 Å². The molecule has 0 spiro atoms. The van der Waals surface area contributed by atoms with Crippen molar-refractivity contribution in [2.45, 2.75) is 12.5 Å². The highest BCUT2D eigenvalue weighted by Crippen LogP contribution is 2.26. The molecule has 0 radical (unpaired) electrons. The lowest BCUT2D eigenvalue weighted by atomic mass is 10.0. The molecule has 0 amide bonds. The third kappa shape index (κ3) is 2.40. The average Bonchev–Trinajstić information content (AvgIpc) is 2.43. The second kappa shape index (κ2) is 5.06. The zero-order chi connectivity index (χ0) is 13.1. The number of aromatic nitrogens is 3. The maximum atomic E-state index is 5.27. The summed E-state index contributed by atoms with van der Waals surface area (Å²) in [7, 11) is 1.61. The lowest BCUT2D eigenvalue weighted by Gasteiger charge is -2.21. The fourth-order valence-corrected chi connectivity index (χ4v) is 1.80. The molecule has 5 heteroatoms. The number of methoxy groups -OCH3 is 1. The summed E-state index contributed by atoms with van der Waals surface area (Å²) in [6, 6.07) is 5.98. The molecule has 19 heavy (non-hydrogen) atoms. The van der Waals surface area contributed by atoms with E-state index in [9.17, 15) is 0 Å². The van der Waals surface area contributed by atoms with Crippen LogP contribution >= 0.6 is 0 Å². The van der Waals surface area contributed by atoms with E-state index < -0.39 is 0 Å². The van der Waals surface area contributed by atoms with Gasteiger partial charge < -0.3 is 10.1 Å². The number of hydrogen-bond acceptors (Lipinski definition) is 5. The van der Waals surface area contributed by atoms with Gasteiger partial charge in [-0.25, -0.2) is 9.97 Å². The predicted molar refractivity (Wildman–Crippen MR) is 73.0 cm³/mol. The van der Waals surface area contributed by atoms with Crippen molar-refractivity contribution in [3.8, 4) is 17.3 Å². The maximum absolute atomic E-state index is 5.27.